The molecule has 0 aromatic rings. The Bertz CT molecular complexity index is 210. The van der Waals surface area contributed by atoms with Crippen LogP contribution < -0.4 is 0 Å². The second-order valence-corrected chi connectivity index (χ2v) is 3.96. The van der Waals surface area contributed by atoms with E-state index in [1.54, 1.807) is 0 Å². The zero-order valence-electron chi connectivity index (χ0n) is 9.58. The average Bonchev–Trinajstić information content (AvgIpc) is 2.70. The lowest BCUT2D eigenvalue weighted by molar-refractivity contribution is -0.144. The van der Waals surface area contributed by atoms with Gasteiger partial charge >= 0.3 is 5.97 Å². The zero-order valence-corrected chi connectivity index (χ0v) is 9.58. The van der Waals surface area contributed by atoms with Crippen molar-refractivity contribution in [2.24, 2.45) is 0 Å². The van der Waals surface area contributed by atoms with E-state index in [2.05, 4.69) is 11.5 Å². The molecule has 0 atom stereocenters. The third-order valence-electron chi connectivity index (χ3n) is 2.84. The van der Waals surface area contributed by atoms with Crippen LogP contribution in [0, 0.1) is 0 Å². The van der Waals surface area contributed by atoms with E-state index >= 15 is 0 Å². The highest BCUT2D eigenvalue weighted by atomic mass is 16.5. The van der Waals surface area contributed by atoms with Crippen molar-refractivity contribution in [3.05, 3.63) is 12.7 Å². The molecule has 0 amide bonds. The molecule has 0 aliphatic heterocycles. The number of hydrogen-bond donors (Lipinski definition) is 0. The topological polar surface area (TPSA) is 29.5 Å². The highest BCUT2D eigenvalue weighted by Gasteiger charge is 2.23. The minimum atomic E-state index is -0.119. The second-order valence-electron chi connectivity index (χ2n) is 3.96. The fraction of sp³-hybridized carbons (Fsp3) is 0.750. The smallest absolute Gasteiger partial charge is 0.320 e. The lowest BCUT2D eigenvalue weighted by Crippen LogP contribution is -2.38. The summed E-state index contributed by atoms with van der Waals surface area (Å²) < 4.78 is 4.96. The molecule has 1 saturated carbocycles. The molecular formula is C12H21NO2. The summed E-state index contributed by atoms with van der Waals surface area (Å²) in [4.78, 5) is 13.6. The maximum absolute atomic E-state index is 11.4. The molecule has 1 aliphatic carbocycles. The number of nitrogens with zero attached hydrogens (tertiary/aromatic N) is 1. The molecule has 86 valence electrons. The molecule has 0 radical (unpaired) electrons. The molecule has 0 aromatic carbocycles. The molecular weight excluding hydrogens is 190 g/mol. The molecule has 1 aliphatic rings. The number of ether oxygens (including phenoxy) is 1. The van der Waals surface area contributed by atoms with Gasteiger partial charge in [0, 0.05) is 12.6 Å². The van der Waals surface area contributed by atoms with Gasteiger partial charge < -0.3 is 4.74 Å². The Balaban J connectivity index is 2.41. The minimum Gasteiger partial charge on any atom is -0.465 e. The first kappa shape index (κ1) is 12.2. The molecule has 3 heteroatoms. The number of esters is 1. The predicted octanol–water partition coefficient (Wildman–Crippen LogP) is 1.98. The summed E-state index contributed by atoms with van der Waals surface area (Å²) in [5.41, 5.74) is 0. The monoisotopic (exact) mass is 211 g/mol. The lowest BCUT2D eigenvalue weighted by Gasteiger charge is -2.26. The second kappa shape index (κ2) is 6.62. The summed E-state index contributed by atoms with van der Waals surface area (Å²) in [6, 6.07) is 0.549. The molecule has 0 unspecified atom stereocenters. The first-order valence-corrected chi connectivity index (χ1v) is 5.78. The lowest BCUT2D eigenvalue weighted by atomic mass is 10.2. The van der Waals surface area contributed by atoms with Crippen LogP contribution in [0.2, 0.25) is 0 Å². The zero-order chi connectivity index (χ0) is 11.1. The summed E-state index contributed by atoms with van der Waals surface area (Å²) in [5.74, 6) is -0.119. The van der Waals surface area contributed by atoms with E-state index in [9.17, 15) is 4.79 Å². The van der Waals surface area contributed by atoms with Gasteiger partial charge in [-0.05, 0) is 19.8 Å². The van der Waals surface area contributed by atoms with Gasteiger partial charge in [-0.25, -0.2) is 0 Å². The fourth-order valence-corrected chi connectivity index (χ4v) is 2.15. The van der Waals surface area contributed by atoms with Crippen molar-refractivity contribution in [3.8, 4) is 0 Å². The van der Waals surface area contributed by atoms with Crippen molar-refractivity contribution in [2.75, 3.05) is 19.7 Å². The Morgan fingerprint density at radius 1 is 1.53 bits per heavy atom. The molecule has 0 spiro atoms. The van der Waals surface area contributed by atoms with Crippen LogP contribution in [0.1, 0.15) is 32.6 Å². The van der Waals surface area contributed by atoms with Gasteiger partial charge in [0.2, 0.25) is 0 Å². The molecule has 0 aromatic heterocycles. The highest BCUT2D eigenvalue weighted by molar-refractivity contribution is 5.71. The van der Waals surface area contributed by atoms with E-state index in [1.165, 1.54) is 25.7 Å². The fourth-order valence-electron chi connectivity index (χ4n) is 2.15. The number of rotatable bonds is 6. The quantitative estimate of drug-likeness (QED) is 0.497. The average molecular weight is 211 g/mol. The van der Waals surface area contributed by atoms with Gasteiger partial charge in [-0.1, -0.05) is 18.9 Å². The molecule has 1 fully saturated rings. The molecule has 0 saturated heterocycles. The Kier molecular flexibility index (Phi) is 5.40. The Hall–Kier alpha value is -0.830. The molecule has 0 bridgehead atoms. The summed E-state index contributed by atoms with van der Waals surface area (Å²) in [6.07, 6.45) is 6.82. The van der Waals surface area contributed by atoms with E-state index in [1.807, 2.05) is 13.0 Å². The van der Waals surface area contributed by atoms with Gasteiger partial charge in [0.25, 0.3) is 0 Å². The van der Waals surface area contributed by atoms with Crippen LogP contribution in [-0.2, 0) is 9.53 Å². The summed E-state index contributed by atoms with van der Waals surface area (Å²) in [6.45, 7) is 7.22. The van der Waals surface area contributed by atoms with E-state index < -0.39 is 0 Å². The number of hydrogen-bond acceptors (Lipinski definition) is 3. The first-order chi connectivity index (χ1) is 7.27. The van der Waals surface area contributed by atoms with Crippen LogP contribution in [0.25, 0.3) is 0 Å². The minimum absolute atomic E-state index is 0.119. The van der Waals surface area contributed by atoms with Gasteiger partial charge in [-0.2, -0.15) is 0 Å². The van der Waals surface area contributed by atoms with Gasteiger partial charge in [0.15, 0.2) is 0 Å². The summed E-state index contributed by atoms with van der Waals surface area (Å²) in [5, 5.41) is 0. The largest absolute Gasteiger partial charge is 0.465 e. The van der Waals surface area contributed by atoms with E-state index in [0.717, 1.165) is 6.54 Å². The number of carbonyl (C=O) groups excluding carboxylic acids is 1. The first-order valence-electron chi connectivity index (χ1n) is 5.78. The molecule has 0 heterocycles. The van der Waals surface area contributed by atoms with Crippen molar-refractivity contribution >= 4 is 5.97 Å². The Morgan fingerprint density at radius 3 is 2.73 bits per heavy atom. The maximum atomic E-state index is 11.4. The summed E-state index contributed by atoms with van der Waals surface area (Å²) in [7, 11) is 0. The normalized spacial score (nSPS) is 16.9. The highest BCUT2D eigenvalue weighted by Crippen LogP contribution is 2.23. The maximum Gasteiger partial charge on any atom is 0.320 e. The van der Waals surface area contributed by atoms with Crippen molar-refractivity contribution in [3.63, 3.8) is 0 Å². The molecule has 3 nitrogen and oxygen atoms in total. The van der Waals surface area contributed by atoms with Crippen molar-refractivity contribution in [1.82, 2.24) is 4.90 Å². The van der Waals surface area contributed by atoms with Crippen LogP contribution in [0.5, 0.6) is 0 Å². The van der Waals surface area contributed by atoms with Crippen LogP contribution in [-0.4, -0.2) is 36.6 Å². The van der Waals surface area contributed by atoms with Gasteiger partial charge in [-0.15, -0.1) is 6.58 Å². The van der Waals surface area contributed by atoms with E-state index in [-0.39, 0.29) is 5.97 Å². The molecule has 0 N–H and O–H groups in total. The van der Waals surface area contributed by atoms with E-state index in [4.69, 9.17) is 4.74 Å². The third kappa shape index (κ3) is 4.04. The third-order valence-corrected chi connectivity index (χ3v) is 2.84. The Morgan fingerprint density at radius 2 is 2.20 bits per heavy atom. The van der Waals surface area contributed by atoms with Crippen LogP contribution in [0.4, 0.5) is 0 Å². The van der Waals surface area contributed by atoms with Crippen molar-refractivity contribution in [2.45, 2.75) is 38.6 Å². The molecule has 15 heavy (non-hydrogen) atoms. The number of carbonyl (C=O) groups is 1. The standard InChI is InChI=1S/C12H21NO2/c1-3-9-13(10-12(14)15-4-2)11-7-5-6-8-11/h3,11H,1,4-10H2,2H3. The Labute approximate surface area is 92.1 Å². The predicted molar refractivity (Wildman–Crippen MR) is 60.7 cm³/mol. The van der Waals surface area contributed by atoms with Gasteiger partial charge in [0.05, 0.1) is 13.2 Å². The van der Waals surface area contributed by atoms with Gasteiger partial charge in [0.1, 0.15) is 0 Å². The van der Waals surface area contributed by atoms with Crippen LogP contribution in [0.15, 0.2) is 12.7 Å². The SMILES string of the molecule is C=CCN(CC(=O)OCC)C1CCCC1. The van der Waals surface area contributed by atoms with Gasteiger partial charge in [-0.3, -0.25) is 9.69 Å². The molecule has 1 rings (SSSR count). The van der Waals surface area contributed by atoms with Crippen LogP contribution >= 0.6 is 0 Å². The van der Waals surface area contributed by atoms with Crippen molar-refractivity contribution < 1.29 is 9.53 Å². The van der Waals surface area contributed by atoms with E-state index in [0.29, 0.717) is 19.2 Å². The van der Waals surface area contributed by atoms with Crippen molar-refractivity contribution in [1.29, 1.82) is 0 Å². The van der Waals surface area contributed by atoms with Crippen LogP contribution in [0.3, 0.4) is 0 Å². The summed E-state index contributed by atoms with van der Waals surface area (Å²) >= 11 is 0.